The summed E-state index contributed by atoms with van der Waals surface area (Å²) in [7, 11) is 0. The molecule has 2 nitrogen and oxygen atoms in total. The number of hydrogen-bond acceptors (Lipinski definition) is 2. The average Bonchev–Trinajstić information content (AvgIpc) is 1.76. The van der Waals surface area contributed by atoms with Gasteiger partial charge in [0.05, 0.1) is 6.54 Å². The lowest BCUT2D eigenvalue weighted by Crippen LogP contribution is -2.11. The fourth-order valence-electron chi connectivity index (χ4n) is 1.07. The van der Waals surface area contributed by atoms with E-state index in [1.54, 1.807) is 6.08 Å². The molecule has 1 aliphatic rings. The van der Waals surface area contributed by atoms with Crippen LogP contribution >= 0.6 is 0 Å². The molecule has 9 heavy (non-hydrogen) atoms. The Bertz CT molecular complexity index is 123. The van der Waals surface area contributed by atoms with Crippen molar-refractivity contribution in [1.82, 2.24) is 0 Å². The lowest BCUT2D eigenvalue weighted by Gasteiger charge is -2.23. The van der Waals surface area contributed by atoms with Crippen LogP contribution in [0.2, 0.25) is 0 Å². The second-order valence-electron chi connectivity index (χ2n) is 2.56. The molecule has 0 bridgehead atoms. The molecular formula is C7H11NO. The molecule has 1 saturated carbocycles. The van der Waals surface area contributed by atoms with E-state index in [9.17, 15) is 4.79 Å². The van der Waals surface area contributed by atoms with E-state index in [2.05, 4.69) is 4.99 Å². The minimum absolute atomic E-state index is 0.689. The summed E-state index contributed by atoms with van der Waals surface area (Å²) in [4.78, 5) is 13.1. The smallest absolute Gasteiger partial charge is 0.211 e. The number of rotatable bonds is 3. The highest BCUT2D eigenvalue weighted by atomic mass is 16.1. The number of isocyanates is 1. The Hall–Kier alpha value is -0.620. The third-order valence-corrected chi connectivity index (χ3v) is 1.94. The summed E-state index contributed by atoms with van der Waals surface area (Å²) in [6, 6.07) is 0. The maximum atomic E-state index is 9.60. The van der Waals surface area contributed by atoms with Gasteiger partial charge in [0.1, 0.15) is 0 Å². The van der Waals surface area contributed by atoms with Gasteiger partial charge in [-0.1, -0.05) is 19.3 Å². The molecule has 0 aromatic carbocycles. The van der Waals surface area contributed by atoms with Crippen LogP contribution in [0.5, 0.6) is 0 Å². The van der Waals surface area contributed by atoms with Crippen LogP contribution in [-0.4, -0.2) is 12.6 Å². The molecule has 0 spiro atoms. The van der Waals surface area contributed by atoms with Crippen molar-refractivity contribution in [3.05, 3.63) is 0 Å². The highest BCUT2D eigenvalue weighted by Gasteiger charge is 2.15. The van der Waals surface area contributed by atoms with E-state index in [1.807, 2.05) is 0 Å². The van der Waals surface area contributed by atoms with Crippen molar-refractivity contribution in [2.75, 3.05) is 6.54 Å². The highest BCUT2D eigenvalue weighted by Crippen LogP contribution is 2.28. The van der Waals surface area contributed by atoms with Crippen LogP contribution in [0.4, 0.5) is 0 Å². The van der Waals surface area contributed by atoms with Gasteiger partial charge in [0, 0.05) is 0 Å². The highest BCUT2D eigenvalue weighted by molar-refractivity contribution is 5.32. The van der Waals surface area contributed by atoms with E-state index in [1.165, 1.54) is 19.3 Å². The first kappa shape index (κ1) is 6.50. The SMILES string of the molecule is O=C=NCCC1CCC1. The van der Waals surface area contributed by atoms with Crippen LogP contribution in [0, 0.1) is 5.92 Å². The summed E-state index contributed by atoms with van der Waals surface area (Å²) in [5.74, 6) is 0.863. The summed E-state index contributed by atoms with van der Waals surface area (Å²) in [5.41, 5.74) is 0. The summed E-state index contributed by atoms with van der Waals surface area (Å²) in [6.07, 6.45) is 6.69. The first-order chi connectivity index (χ1) is 4.43. The van der Waals surface area contributed by atoms with Gasteiger partial charge >= 0.3 is 0 Å². The van der Waals surface area contributed by atoms with Crippen LogP contribution in [0.25, 0.3) is 0 Å². The number of aliphatic imine (C=N–C) groups is 1. The van der Waals surface area contributed by atoms with Gasteiger partial charge < -0.3 is 0 Å². The Morgan fingerprint density at radius 3 is 2.78 bits per heavy atom. The molecule has 1 fully saturated rings. The fourth-order valence-corrected chi connectivity index (χ4v) is 1.07. The molecule has 0 saturated heterocycles. The van der Waals surface area contributed by atoms with E-state index in [0.717, 1.165) is 12.3 Å². The molecule has 1 rings (SSSR count). The summed E-state index contributed by atoms with van der Waals surface area (Å²) >= 11 is 0. The predicted octanol–water partition coefficient (Wildman–Crippen LogP) is 1.51. The zero-order valence-corrected chi connectivity index (χ0v) is 5.47. The molecule has 0 aromatic rings. The van der Waals surface area contributed by atoms with Gasteiger partial charge in [0.2, 0.25) is 6.08 Å². The quantitative estimate of drug-likeness (QED) is 0.415. The van der Waals surface area contributed by atoms with Gasteiger partial charge in [-0.2, -0.15) is 0 Å². The van der Waals surface area contributed by atoms with E-state index < -0.39 is 0 Å². The average molecular weight is 125 g/mol. The lowest BCUT2D eigenvalue weighted by atomic mass is 9.83. The topological polar surface area (TPSA) is 29.4 Å². The zero-order valence-electron chi connectivity index (χ0n) is 5.47. The number of carbonyl (C=O) groups excluding carboxylic acids is 1. The van der Waals surface area contributed by atoms with Crippen LogP contribution in [0.15, 0.2) is 4.99 Å². The molecule has 0 unspecified atom stereocenters. The third kappa shape index (κ3) is 1.98. The van der Waals surface area contributed by atoms with Crippen molar-refractivity contribution >= 4 is 6.08 Å². The maximum absolute atomic E-state index is 9.60. The van der Waals surface area contributed by atoms with Gasteiger partial charge in [0.15, 0.2) is 0 Å². The standard InChI is InChI=1S/C7H11NO/c9-6-8-5-4-7-2-1-3-7/h7H,1-5H2. The van der Waals surface area contributed by atoms with E-state index in [0.29, 0.717) is 6.54 Å². The lowest BCUT2D eigenvalue weighted by molar-refractivity contribution is 0.300. The molecule has 0 radical (unpaired) electrons. The maximum Gasteiger partial charge on any atom is 0.234 e. The molecule has 2 heteroatoms. The fraction of sp³-hybridized carbons (Fsp3) is 0.857. The van der Waals surface area contributed by atoms with Crippen molar-refractivity contribution in [3.8, 4) is 0 Å². The van der Waals surface area contributed by atoms with Gasteiger partial charge in [-0.25, -0.2) is 9.79 Å². The largest absolute Gasteiger partial charge is 0.234 e. The van der Waals surface area contributed by atoms with Crippen LogP contribution in [-0.2, 0) is 4.79 Å². The molecule has 50 valence electrons. The minimum Gasteiger partial charge on any atom is -0.211 e. The first-order valence-electron chi connectivity index (χ1n) is 3.47. The summed E-state index contributed by atoms with van der Waals surface area (Å²) in [6.45, 7) is 0.689. The van der Waals surface area contributed by atoms with Gasteiger partial charge in [0.25, 0.3) is 0 Å². The van der Waals surface area contributed by atoms with E-state index in [4.69, 9.17) is 0 Å². The minimum atomic E-state index is 0.689. The Morgan fingerprint density at radius 2 is 2.33 bits per heavy atom. The van der Waals surface area contributed by atoms with Crippen molar-refractivity contribution < 1.29 is 4.79 Å². The van der Waals surface area contributed by atoms with Crippen molar-refractivity contribution in [2.24, 2.45) is 10.9 Å². The van der Waals surface area contributed by atoms with E-state index in [-0.39, 0.29) is 0 Å². The Balaban J connectivity index is 1.97. The van der Waals surface area contributed by atoms with Gasteiger partial charge in [-0.05, 0) is 12.3 Å². The van der Waals surface area contributed by atoms with Crippen molar-refractivity contribution in [3.63, 3.8) is 0 Å². The Morgan fingerprint density at radius 1 is 1.56 bits per heavy atom. The molecule has 0 atom stereocenters. The van der Waals surface area contributed by atoms with Gasteiger partial charge in [-0.15, -0.1) is 0 Å². The van der Waals surface area contributed by atoms with Crippen LogP contribution in [0.1, 0.15) is 25.7 Å². The molecule has 1 aliphatic carbocycles. The van der Waals surface area contributed by atoms with Gasteiger partial charge in [-0.3, -0.25) is 0 Å². The normalized spacial score (nSPS) is 18.2. The van der Waals surface area contributed by atoms with Crippen LogP contribution < -0.4 is 0 Å². The Labute approximate surface area is 55.0 Å². The summed E-state index contributed by atoms with van der Waals surface area (Å²) < 4.78 is 0. The predicted molar refractivity (Wildman–Crippen MR) is 34.9 cm³/mol. The van der Waals surface area contributed by atoms with Crippen molar-refractivity contribution in [1.29, 1.82) is 0 Å². The second-order valence-corrected chi connectivity index (χ2v) is 2.56. The monoisotopic (exact) mass is 125 g/mol. The van der Waals surface area contributed by atoms with E-state index >= 15 is 0 Å². The zero-order chi connectivity index (χ0) is 6.53. The first-order valence-corrected chi connectivity index (χ1v) is 3.47. The molecule has 0 amide bonds. The second kappa shape index (κ2) is 3.41. The molecular weight excluding hydrogens is 114 g/mol. The molecule has 0 heterocycles. The van der Waals surface area contributed by atoms with Crippen molar-refractivity contribution in [2.45, 2.75) is 25.7 Å². The third-order valence-electron chi connectivity index (χ3n) is 1.94. The molecule has 0 aromatic heterocycles. The number of nitrogens with zero attached hydrogens (tertiary/aromatic N) is 1. The molecule has 0 aliphatic heterocycles. The molecule has 0 N–H and O–H groups in total. The number of hydrogen-bond donors (Lipinski definition) is 0. The summed E-state index contributed by atoms with van der Waals surface area (Å²) in [5, 5.41) is 0. The Kier molecular flexibility index (Phi) is 2.47. The van der Waals surface area contributed by atoms with Crippen LogP contribution in [0.3, 0.4) is 0 Å².